The standard InChI is InChI=1S/C13H16Cl2N2O/c1-9-8-16-4-5-17(9)13(18)7-10-2-3-11(14)12(15)6-10/h2-3,6,9,16H,4-5,7-8H2,1H3/t9-/m1/s1. The molecule has 2 rings (SSSR count). The summed E-state index contributed by atoms with van der Waals surface area (Å²) in [7, 11) is 0. The number of nitrogens with one attached hydrogen (secondary N) is 1. The first-order valence-electron chi connectivity index (χ1n) is 6.02. The molecule has 0 bridgehead atoms. The topological polar surface area (TPSA) is 32.3 Å². The van der Waals surface area contributed by atoms with Crippen LogP contribution < -0.4 is 5.32 Å². The highest BCUT2D eigenvalue weighted by Crippen LogP contribution is 2.23. The monoisotopic (exact) mass is 286 g/mol. The molecule has 98 valence electrons. The smallest absolute Gasteiger partial charge is 0.227 e. The van der Waals surface area contributed by atoms with Crippen molar-refractivity contribution < 1.29 is 4.79 Å². The lowest BCUT2D eigenvalue weighted by Crippen LogP contribution is -2.52. The second kappa shape index (κ2) is 5.91. The summed E-state index contributed by atoms with van der Waals surface area (Å²) in [4.78, 5) is 14.1. The fourth-order valence-corrected chi connectivity index (χ4v) is 2.46. The minimum absolute atomic E-state index is 0.141. The Balaban J connectivity index is 2.04. The number of amides is 1. The van der Waals surface area contributed by atoms with E-state index in [0.717, 1.165) is 25.2 Å². The molecule has 0 saturated carbocycles. The zero-order chi connectivity index (χ0) is 13.1. The van der Waals surface area contributed by atoms with Crippen molar-refractivity contribution in [3.8, 4) is 0 Å². The van der Waals surface area contributed by atoms with Crippen LogP contribution in [0.25, 0.3) is 0 Å². The largest absolute Gasteiger partial charge is 0.337 e. The minimum atomic E-state index is 0.141. The molecule has 1 aromatic carbocycles. The van der Waals surface area contributed by atoms with Crippen LogP contribution in [0.5, 0.6) is 0 Å². The Morgan fingerprint density at radius 3 is 2.89 bits per heavy atom. The maximum atomic E-state index is 12.2. The van der Waals surface area contributed by atoms with Gasteiger partial charge in [0.25, 0.3) is 0 Å². The van der Waals surface area contributed by atoms with Crippen molar-refractivity contribution in [2.24, 2.45) is 0 Å². The van der Waals surface area contributed by atoms with Crippen LogP contribution in [0, 0.1) is 0 Å². The Labute approximate surface area is 117 Å². The maximum Gasteiger partial charge on any atom is 0.227 e. The first kappa shape index (κ1) is 13.7. The molecule has 0 aliphatic carbocycles. The molecule has 1 aromatic rings. The summed E-state index contributed by atoms with van der Waals surface area (Å²) in [5.41, 5.74) is 0.903. The number of nitrogens with zero attached hydrogens (tertiary/aromatic N) is 1. The molecule has 18 heavy (non-hydrogen) atoms. The van der Waals surface area contributed by atoms with Gasteiger partial charge in [-0.1, -0.05) is 29.3 Å². The summed E-state index contributed by atoms with van der Waals surface area (Å²) < 4.78 is 0. The van der Waals surface area contributed by atoms with Crippen LogP contribution in [0.3, 0.4) is 0 Å². The van der Waals surface area contributed by atoms with Crippen LogP contribution in [0.1, 0.15) is 12.5 Å². The van der Waals surface area contributed by atoms with Crippen molar-refractivity contribution in [3.05, 3.63) is 33.8 Å². The highest BCUT2D eigenvalue weighted by molar-refractivity contribution is 6.42. The lowest BCUT2D eigenvalue weighted by atomic mass is 10.1. The third kappa shape index (κ3) is 3.16. The van der Waals surface area contributed by atoms with E-state index in [4.69, 9.17) is 23.2 Å². The van der Waals surface area contributed by atoms with E-state index >= 15 is 0 Å². The number of hydrogen-bond acceptors (Lipinski definition) is 2. The van der Waals surface area contributed by atoms with Crippen molar-refractivity contribution in [1.29, 1.82) is 0 Å². The Kier molecular flexibility index (Phi) is 4.49. The predicted molar refractivity (Wildman–Crippen MR) is 74.2 cm³/mol. The van der Waals surface area contributed by atoms with E-state index in [-0.39, 0.29) is 11.9 Å². The predicted octanol–water partition coefficient (Wildman–Crippen LogP) is 2.36. The molecule has 0 aromatic heterocycles. The normalized spacial score (nSPS) is 19.9. The summed E-state index contributed by atoms with van der Waals surface area (Å²) in [5.74, 6) is 0.141. The van der Waals surface area contributed by atoms with Gasteiger partial charge in [-0.25, -0.2) is 0 Å². The number of carbonyl (C=O) groups excluding carboxylic acids is 1. The van der Waals surface area contributed by atoms with E-state index in [1.807, 2.05) is 11.0 Å². The van der Waals surface area contributed by atoms with E-state index in [1.54, 1.807) is 12.1 Å². The van der Waals surface area contributed by atoms with Crippen molar-refractivity contribution in [3.63, 3.8) is 0 Å². The fourth-order valence-electron chi connectivity index (χ4n) is 2.14. The molecular weight excluding hydrogens is 271 g/mol. The molecule has 0 unspecified atom stereocenters. The Hall–Kier alpha value is -0.770. The third-order valence-corrected chi connectivity index (χ3v) is 3.90. The zero-order valence-electron chi connectivity index (χ0n) is 10.2. The van der Waals surface area contributed by atoms with Crippen LogP contribution >= 0.6 is 23.2 Å². The van der Waals surface area contributed by atoms with Gasteiger partial charge in [0.1, 0.15) is 0 Å². The molecular formula is C13H16Cl2N2O. The minimum Gasteiger partial charge on any atom is -0.337 e. The fraction of sp³-hybridized carbons (Fsp3) is 0.462. The van der Waals surface area contributed by atoms with Crippen molar-refractivity contribution in [2.75, 3.05) is 19.6 Å². The number of carbonyl (C=O) groups is 1. The van der Waals surface area contributed by atoms with E-state index in [0.29, 0.717) is 16.5 Å². The van der Waals surface area contributed by atoms with Crippen LogP contribution in [0.4, 0.5) is 0 Å². The molecule has 1 aliphatic heterocycles. The number of piperazine rings is 1. The average molecular weight is 287 g/mol. The van der Waals surface area contributed by atoms with E-state index in [1.165, 1.54) is 0 Å². The second-order valence-electron chi connectivity index (χ2n) is 4.57. The van der Waals surface area contributed by atoms with E-state index in [2.05, 4.69) is 12.2 Å². The van der Waals surface area contributed by atoms with E-state index in [9.17, 15) is 4.79 Å². The van der Waals surface area contributed by atoms with Gasteiger partial charge in [0, 0.05) is 25.7 Å². The van der Waals surface area contributed by atoms with Gasteiger partial charge in [-0.05, 0) is 24.6 Å². The lowest BCUT2D eigenvalue weighted by Gasteiger charge is -2.34. The molecule has 5 heteroatoms. The Morgan fingerprint density at radius 1 is 1.44 bits per heavy atom. The van der Waals surface area contributed by atoms with Gasteiger partial charge < -0.3 is 10.2 Å². The first-order chi connectivity index (χ1) is 8.58. The number of hydrogen-bond donors (Lipinski definition) is 1. The van der Waals surface area contributed by atoms with Crippen molar-refractivity contribution in [1.82, 2.24) is 10.2 Å². The second-order valence-corrected chi connectivity index (χ2v) is 5.38. The third-order valence-electron chi connectivity index (χ3n) is 3.16. The summed E-state index contributed by atoms with van der Waals surface area (Å²) in [6, 6.07) is 5.58. The van der Waals surface area contributed by atoms with Gasteiger partial charge >= 0.3 is 0 Å². The van der Waals surface area contributed by atoms with Gasteiger partial charge in [-0.3, -0.25) is 4.79 Å². The molecule has 1 N–H and O–H groups in total. The molecule has 1 fully saturated rings. The quantitative estimate of drug-likeness (QED) is 0.905. The van der Waals surface area contributed by atoms with Gasteiger partial charge in [-0.15, -0.1) is 0 Å². The molecule has 1 atom stereocenters. The highest BCUT2D eigenvalue weighted by Gasteiger charge is 2.22. The van der Waals surface area contributed by atoms with Crippen LogP contribution in [0.15, 0.2) is 18.2 Å². The van der Waals surface area contributed by atoms with Gasteiger partial charge in [0.15, 0.2) is 0 Å². The molecule has 3 nitrogen and oxygen atoms in total. The Morgan fingerprint density at radius 2 is 2.22 bits per heavy atom. The van der Waals surface area contributed by atoms with Gasteiger partial charge in [0.05, 0.1) is 16.5 Å². The summed E-state index contributed by atoms with van der Waals surface area (Å²) in [6.45, 7) is 4.53. The molecule has 0 radical (unpaired) electrons. The summed E-state index contributed by atoms with van der Waals surface area (Å²) in [6.07, 6.45) is 0.376. The van der Waals surface area contributed by atoms with Crippen molar-refractivity contribution >= 4 is 29.1 Å². The van der Waals surface area contributed by atoms with Crippen LogP contribution in [-0.4, -0.2) is 36.5 Å². The average Bonchev–Trinajstić information content (AvgIpc) is 2.34. The molecule has 1 saturated heterocycles. The highest BCUT2D eigenvalue weighted by atomic mass is 35.5. The SMILES string of the molecule is C[C@@H]1CNCCN1C(=O)Cc1ccc(Cl)c(Cl)c1. The molecule has 1 aliphatic rings. The maximum absolute atomic E-state index is 12.2. The summed E-state index contributed by atoms with van der Waals surface area (Å²) >= 11 is 11.8. The first-order valence-corrected chi connectivity index (χ1v) is 6.77. The van der Waals surface area contributed by atoms with Crippen LogP contribution in [0.2, 0.25) is 10.0 Å². The van der Waals surface area contributed by atoms with Gasteiger partial charge in [0.2, 0.25) is 5.91 Å². The van der Waals surface area contributed by atoms with Gasteiger partial charge in [-0.2, -0.15) is 0 Å². The number of benzene rings is 1. The molecule has 1 heterocycles. The number of halogens is 2. The molecule has 1 amide bonds. The van der Waals surface area contributed by atoms with Crippen LogP contribution in [-0.2, 0) is 11.2 Å². The number of rotatable bonds is 2. The van der Waals surface area contributed by atoms with E-state index < -0.39 is 0 Å². The van der Waals surface area contributed by atoms with Crippen molar-refractivity contribution in [2.45, 2.75) is 19.4 Å². The molecule has 0 spiro atoms. The zero-order valence-corrected chi connectivity index (χ0v) is 11.8. The summed E-state index contributed by atoms with van der Waals surface area (Å²) in [5, 5.41) is 4.28. The lowest BCUT2D eigenvalue weighted by molar-refractivity contribution is -0.133. The Bertz CT molecular complexity index is 451.